The van der Waals surface area contributed by atoms with E-state index >= 15 is 0 Å². The summed E-state index contributed by atoms with van der Waals surface area (Å²) in [7, 11) is 0. The molecule has 0 aromatic heterocycles. The molecule has 1 heterocycles. The minimum atomic E-state index is -1.88. The predicted molar refractivity (Wildman–Crippen MR) is 28.8 cm³/mol. The molecule has 2 N–H and O–H groups in total. The highest BCUT2D eigenvalue weighted by Crippen LogP contribution is 2.26. The molecule has 1 aliphatic rings. The van der Waals surface area contributed by atoms with E-state index in [1.807, 2.05) is 0 Å². The minimum Gasteiger partial charge on any atom is -0.393 e. The average Bonchev–Trinajstić information content (AvgIpc) is 1.57. The first-order valence-corrected chi connectivity index (χ1v) is 2.84. The van der Waals surface area contributed by atoms with Gasteiger partial charge in [0.15, 0.2) is 0 Å². The van der Waals surface area contributed by atoms with E-state index in [-0.39, 0.29) is 6.42 Å². The van der Waals surface area contributed by atoms with Crippen LogP contribution in [0.5, 0.6) is 0 Å². The summed E-state index contributed by atoms with van der Waals surface area (Å²) < 4.78 is 8.34. The molecule has 0 bridgehead atoms. The van der Waals surface area contributed by atoms with E-state index in [4.69, 9.17) is 10.2 Å². The summed E-state index contributed by atoms with van der Waals surface area (Å²) in [5.74, 6) is -1.88. The summed E-state index contributed by atoms with van der Waals surface area (Å²) in [6.45, 7) is 1.45. The van der Waals surface area contributed by atoms with Gasteiger partial charge >= 0.3 is 12.1 Å². The fourth-order valence-corrected chi connectivity index (χ4v) is 0.725. The van der Waals surface area contributed by atoms with Crippen LogP contribution in [-0.2, 0) is 9.47 Å². The predicted octanol–water partition coefficient (Wildman–Crippen LogP) is -0.430. The second-order valence-electron chi connectivity index (χ2n) is 2.22. The van der Waals surface area contributed by atoms with Crippen molar-refractivity contribution in [2.75, 3.05) is 0 Å². The lowest BCUT2D eigenvalue weighted by Gasteiger charge is -2.34. The van der Waals surface area contributed by atoms with Crippen molar-refractivity contribution >= 4 is 6.16 Å². The largest absolute Gasteiger partial charge is 0.518 e. The van der Waals surface area contributed by atoms with E-state index in [9.17, 15) is 4.79 Å². The number of aliphatic hydroxyl groups excluding tert-OH is 1. The Morgan fingerprint density at radius 1 is 1.70 bits per heavy atom. The van der Waals surface area contributed by atoms with Crippen molar-refractivity contribution in [1.29, 1.82) is 0 Å². The Bertz CT molecular complexity index is 144. The fraction of sp³-hybridized carbons (Fsp3) is 0.800. The van der Waals surface area contributed by atoms with Crippen molar-refractivity contribution in [2.24, 2.45) is 0 Å². The van der Waals surface area contributed by atoms with Crippen molar-refractivity contribution in [2.45, 2.75) is 25.4 Å². The molecule has 0 aromatic carbocycles. The van der Waals surface area contributed by atoms with Gasteiger partial charge in [-0.2, -0.15) is 0 Å². The molecule has 0 aromatic rings. The van der Waals surface area contributed by atoms with Crippen LogP contribution in [-0.4, -0.2) is 28.4 Å². The van der Waals surface area contributed by atoms with Gasteiger partial charge in [-0.25, -0.2) is 4.79 Å². The second kappa shape index (κ2) is 2.10. The second-order valence-corrected chi connectivity index (χ2v) is 2.22. The third-order valence-corrected chi connectivity index (χ3v) is 1.04. The number of rotatable bonds is 2. The summed E-state index contributed by atoms with van der Waals surface area (Å²) >= 11 is 0. The van der Waals surface area contributed by atoms with Crippen molar-refractivity contribution in [3.8, 4) is 0 Å². The maximum Gasteiger partial charge on any atom is 0.518 e. The van der Waals surface area contributed by atoms with E-state index in [1.165, 1.54) is 6.92 Å². The summed E-state index contributed by atoms with van der Waals surface area (Å²) in [5.41, 5.74) is 0. The summed E-state index contributed by atoms with van der Waals surface area (Å²) in [6.07, 6.45) is -1.81. The Hall–Kier alpha value is -0.810. The molecular weight excluding hydrogens is 140 g/mol. The van der Waals surface area contributed by atoms with Gasteiger partial charge in [-0.05, 0) is 6.92 Å². The molecule has 0 saturated carbocycles. The normalized spacial score (nSPS) is 24.1. The first-order valence-electron chi connectivity index (χ1n) is 2.84. The molecule has 1 rings (SSSR count). The minimum absolute atomic E-state index is 0.126. The molecule has 1 unspecified atom stereocenters. The highest BCUT2D eigenvalue weighted by Gasteiger charge is 2.48. The molecule has 1 saturated heterocycles. The van der Waals surface area contributed by atoms with Gasteiger partial charge in [0.1, 0.15) is 0 Å². The van der Waals surface area contributed by atoms with Gasteiger partial charge in [0.05, 0.1) is 12.5 Å². The van der Waals surface area contributed by atoms with Gasteiger partial charge in [0.25, 0.3) is 0 Å². The fourth-order valence-electron chi connectivity index (χ4n) is 0.725. The van der Waals surface area contributed by atoms with Crippen LogP contribution in [0, 0.1) is 0 Å². The molecule has 0 radical (unpaired) electrons. The standard InChI is InChI=1S/C5H8O5/c1-3(6)2-5(8)9-4(7)10-5/h3,6,8H,2H2,1H3. The summed E-state index contributed by atoms with van der Waals surface area (Å²) in [5, 5.41) is 17.6. The lowest BCUT2D eigenvalue weighted by atomic mass is 10.2. The van der Waals surface area contributed by atoms with Crippen molar-refractivity contribution < 1.29 is 24.5 Å². The number of carbonyl (C=O) groups is 1. The zero-order valence-electron chi connectivity index (χ0n) is 5.40. The Morgan fingerprint density at radius 3 is 2.50 bits per heavy atom. The molecular formula is C5H8O5. The van der Waals surface area contributed by atoms with Gasteiger partial charge in [0.2, 0.25) is 0 Å². The average molecular weight is 148 g/mol. The van der Waals surface area contributed by atoms with E-state index < -0.39 is 18.2 Å². The molecule has 10 heavy (non-hydrogen) atoms. The molecule has 0 aliphatic carbocycles. The number of hydrogen-bond acceptors (Lipinski definition) is 5. The van der Waals surface area contributed by atoms with Gasteiger partial charge < -0.3 is 19.7 Å². The molecule has 0 amide bonds. The van der Waals surface area contributed by atoms with Crippen LogP contribution in [0.2, 0.25) is 0 Å². The molecule has 1 fully saturated rings. The number of carbonyl (C=O) groups excluding carboxylic acids is 1. The van der Waals surface area contributed by atoms with Crippen LogP contribution in [0.25, 0.3) is 0 Å². The zero-order valence-corrected chi connectivity index (χ0v) is 5.40. The molecule has 58 valence electrons. The quantitative estimate of drug-likeness (QED) is 0.519. The number of hydrogen-bond donors (Lipinski definition) is 2. The van der Waals surface area contributed by atoms with Crippen LogP contribution in [0.4, 0.5) is 4.79 Å². The molecule has 1 atom stereocenters. The van der Waals surface area contributed by atoms with Crippen LogP contribution >= 0.6 is 0 Å². The number of cyclic esters (lactones) is 2. The van der Waals surface area contributed by atoms with Crippen molar-refractivity contribution in [3.63, 3.8) is 0 Å². The van der Waals surface area contributed by atoms with Crippen LogP contribution in [0.3, 0.4) is 0 Å². The third kappa shape index (κ3) is 1.37. The molecule has 5 nitrogen and oxygen atoms in total. The zero-order chi connectivity index (χ0) is 7.78. The highest BCUT2D eigenvalue weighted by molar-refractivity contribution is 5.64. The monoisotopic (exact) mass is 148 g/mol. The summed E-state index contributed by atoms with van der Waals surface area (Å²) in [6, 6.07) is 0. The first-order chi connectivity index (χ1) is 4.52. The number of aliphatic hydroxyl groups is 2. The topological polar surface area (TPSA) is 76.0 Å². The highest BCUT2D eigenvalue weighted by atomic mass is 17.0. The van der Waals surface area contributed by atoms with Crippen LogP contribution in [0.15, 0.2) is 0 Å². The lowest BCUT2D eigenvalue weighted by Crippen LogP contribution is -2.51. The number of ether oxygens (including phenoxy) is 2. The maximum absolute atomic E-state index is 10.0. The first kappa shape index (κ1) is 7.30. The van der Waals surface area contributed by atoms with Gasteiger partial charge in [-0.15, -0.1) is 0 Å². The smallest absolute Gasteiger partial charge is 0.393 e. The molecule has 1 aliphatic heterocycles. The van der Waals surface area contributed by atoms with Crippen LogP contribution in [0.1, 0.15) is 13.3 Å². The molecule has 5 heteroatoms. The Balaban J connectivity index is 2.34. The third-order valence-electron chi connectivity index (χ3n) is 1.04. The van der Waals surface area contributed by atoms with E-state index in [2.05, 4.69) is 9.47 Å². The SMILES string of the molecule is CC(O)CC1(O)OC(=O)O1. The van der Waals surface area contributed by atoms with Gasteiger partial charge in [-0.1, -0.05) is 0 Å². The Morgan fingerprint density at radius 2 is 2.20 bits per heavy atom. The Labute approximate surface area is 57.2 Å². The molecule has 0 spiro atoms. The summed E-state index contributed by atoms with van der Waals surface area (Å²) in [4.78, 5) is 10.0. The van der Waals surface area contributed by atoms with E-state index in [0.29, 0.717) is 0 Å². The van der Waals surface area contributed by atoms with Crippen LogP contribution < -0.4 is 0 Å². The van der Waals surface area contributed by atoms with E-state index in [1.54, 1.807) is 0 Å². The lowest BCUT2D eigenvalue weighted by molar-refractivity contribution is -0.393. The van der Waals surface area contributed by atoms with Gasteiger partial charge in [-0.3, -0.25) is 0 Å². The van der Waals surface area contributed by atoms with Crippen molar-refractivity contribution in [1.82, 2.24) is 0 Å². The Kier molecular flexibility index (Phi) is 1.53. The van der Waals surface area contributed by atoms with Crippen molar-refractivity contribution in [3.05, 3.63) is 0 Å². The van der Waals surface area contributed by atoms with E-state index in [0.717, 1.165) is 0 Å². The van der Waals surface area contributed by atoms with Gasteiger partial charge in [0, 0.05) is 0 Å². The maximum atomic E-state index is 10.0.